The number of hydrogen-bond donors (Lipinski definition) is 1. The highest BCUT2D eigenvalue weighted by molar-refractivity contribution is 5.93. The molecule has 0 unspecified atom stereocenters. The van der Waals surface area contributed by atoms with Gasteiger partial charge in [0.05, 0.1) is 12.1 Å². The van der Waals surface area contributed by atoms with Crippen LogP contribution in [-0.4, -0.2) is 44.7 Å². The zero-order chi connectivity index (χ0) is 19.7. The van der Waals surface area contributed by atoms with Gasteiger partial charge in [-0.3, -0.25) is 9.88 Å². The summed E-state index contributed by atoms with van der Waals surface area (Å²) in [4.78, 5) is 11.4. The molecular formula is C22H28FN5. The van der Waals surface area contributed by atoms with Crippen LogP contribution in [0.5, 0.6) is 0 Å². The van der Waals surface area contributed by atoms with Gasteiger partial charge in [-0.25, -0.2) is 9.37 Å². The zero-order valence-corrected chi connectivity index (χ0v) is 16.8. The summed E-state index contributed by atoms with van der Waals surface area (Å²) in [7, 11) is 1.98. The molecule has 148 valence electrons. The normalized spacial score (nSPS) is 20.1. The second kappa shape index (κ2) is 7.87. The minimum absolute atomic E-state index is 0.142. The van der Waals surface area contributed by atoms with E-state index in [2.05, 4.69) is 41.2 Å². The Bertz CT molecular complexity index is 967. The summed E-state index contributed by atoms with van der Waals surface area (Å²) < 4.78 is 16.2. The number of aromatic nitrogens is 3. The lowest BCUT2D eigenvalue weighted by molar-refractivity contribution is 0.234. The van der Waals surface area contributed by atoms with E-state index in [0.29, 0.717) is 26.1 Å². The van der Waals surface area contributed by atoms with Gasteiger partial charge in [0, 0.05) is 55.3 Å². The Morgan fingerprint density at radius 2 is 2.11 bits per heavy atom. The summed E-state index contributed by atoms with van der Waals surface area (Å²) in [5, 5.41) is 4.77. The highest BCUT2D eigenvalue weighted by atomic mass is 19.1. The lowest BCUT2D eigenvalue weighted by Gasteiger charge is -2.25. The van der Waals surface area contributed by atoms with Crippen LogP contribution in [0.2, 0.25) is 0 Å². The molecule has 0 amide bonds. The number of imidazole rings is 1. The maximum atomic E-state index is 14.2. The number of nitrogens with zero attached hydrogens (tertiary/aromatic N) is 4. The molecule has 5 nitrogen and oxygen atoms in total. The number of rotatable bonds is 6. The lowest BCUT2D eigenvalue weighted by atomic mass is 10.0. The van der Waals surface area contributed by atoms with Crippen LogP contribution in [0.25, 0.3) is 10.9 Å². The van der Waals surface area contributed by atoms with Crippen molar-refractivity contribution < 1.29 is 4.39 Å². The van der Waals surface area contributed by atoms with Crippen molar-refractivity contribution in [1.29, 1.82) is 0 Å². The van der Waals surface area contributed by atoms with E-state index in [1.807, 2.05) is 29.9 Å². The molecule has 3 heterocycles. The Labute approximate surface area is 165 Å². The van der Waals surface area contributed by atoms with Gasteiger partial charge in [-0.05, 0) is 31.4 Å². The van der Waals surface area contributed by atoms with Crippen molar-refractivity contribution in [3.63, 3.8) is 0 Å². The Balaban J connectivity index is 1.56. The van der Waals surface area contributed by atoms with Gasteiger partial charge in [0.15, 0.2) is 0 Å². The van der Waals surface area contributed by atoms with Crippen LogP contribution in [0.1, 0.15) is 30.4 Å². The quantitative estimate of drug-likeness (QED) is 0.704. The molecule has 0 radical (unpaired) electrons. The Morgan fingerprint density at radius 3 is 2.86 bits per heavy atom. The molecule has 0 saturated carbocycles. The standard InChI is InChI=1S/C22H28FN5/c1-4-19-15(2)22(18-7-5-6-8-20(18)26-19)25-12-17-11-16(23)13-28(17)14-21-24-9-10-27(21)3/h5-10,16-17H,4,11-14H2,1-3H3,(H,25,26)/t16-,17-/m0/s1. The number of likely N-dealkylation sites (tertiary alicyclic amines) is 1. The fourth-order valence-corrected chi connectivity index (χ4v) is 4.21. The summed E-state index contributed by atoms with van der Waals surface area (Å²) in [5.41, 5.74) is 4.43. The molecule has 1 N–H and O–H groups in total. The number of alkyl halides is 1. The maximum absolute atomic E-state index is 14.2. The fraction of sp³-hybridized carbons (Fsp3) is 0.455. The number of halogens is 1. The fourth-order valence-electron chi connectivity index (χ4n) is 4.21. The van der Waals surface area contributed by atoms with Gasteiger partial charge >= 0.3 is 0 Å². The van der Waals surface area contributed by atoms with E-state index in [4.69, 9.17) is 4.98 Å². The molecular weight excluding hydrogens is 353 g/mol. The van der Waals surface area contributed by atoms with Crippen molar-refractivity contribution in [2.45, 2.75) is 45.4 Å². The number of para-hydroxylation sites is 1. The molecule has 6 heteroatoms. The lowest BCUT2D eigenvalue weighted by Crippen LogP contribution is -2.35. The first-order chi connectivity index (χ1) is 13.6. The van der Waals surface area contributed by atoms with Gasteiger partial charge < -0.3 is 9.88 Å². The molecule has 1 aliphatic heterocycles. The molecule has 0 aliphatic carbocycles. The third-order valence-corrected chi connectivity index (χ3v) is 5.83. The Morgan fingerprint density at radius 1 is 1.29 bits per heavy atom. The molecule has 1 fully saturated rings. The number of benzene rings is 1. The van der Waals surface area contributed by atoms with E-state index < -0.39 is 6.17 Å². The predicted molar refractivity (Wildman–Crippen MR) is 111 cm³/mol. The summed E-state index contributed by atoms with van der Waals surface area (Å²) in [6, 6.07) is 8.37. The van der Waals surface area contributed by atoms with Crippen molar-refractivity contribution in [1.82, 2.24) is 19.4 Å². The van der Waals surface area contributed by atoms with E-state index in [1.165, 1.54) is 5.56 Å². The molecule has 2 aromatic heterocycles. The van der Waals surface area contributed by atoms with Crippen molar-refractivity contribution in [3.8, 4) is 0 Å². The first kappa shape index (κ1) is 18.9. The summed E-state index contributed by atoms with van der Waals surface area (Å²) in [5.74, 6) is 0.970. The van der Waals surface area contributed by atoms with Crippen molar-refractivity contribution in [3.05, 3.63) is 53.7 Å². The molecule has 1 aliphatic rings. The van der Waals surface area contributed by atoms with E-state index in [9.17, 15) is 4.39 Å². The van der Waals surface area contributed by atoms with Crippen molar-refractivity contribution >= 4 is 16.6 Å². The van der Waals surface area contributed by atoms with Crippen LogP contribution in [-0.2, 0) is 20.0 Å². The molecule has 3 aromatic rings. The molecule has 0 spiro atoms. The minimum atomic E-state index is -0.784. The van der Waals surface area contributed by atoms with E-state index in [0.717, 1.165) is 34.5 Å². The molecule has 4 rings (SSSR count). The van der Waals surface area contributed by atoms with Crippen LogP contribution in [0, 0.1) is 6.92 Å². The number of aryl methyl sites for hydroxylation is 2. The molecule has 2 atom stereocenters. The minimum Gasteiger partial charge on any atom is -0.383 e. The van der Waals surface area contributed by atoms with Crippen LogP contribution in [0.15, 0.2) is 36.7 Å². The van der Waals surface area contributed by atoms with Crippen LogP contribution in [0.3, 0.4) is 0 Å². The largest absolute Gasteiger partial charge is 0.383 e. The van der Waals surface area contributed by atoms with Crippen LogP contribution in [0.4, 0.5) is 10.1 Å². The zero-order valence-electron chi connectivity index (χ0n) is 16.8. The first-order valence-electron chi connectivity index (χ1n) is 10.0. The Kier molecular flexibility index (Phi) is 5.31. The van der Waals surface area contributed by atoms with E-state index in [1.54, 1.807) is 6.20 Å². The van der Waals surface area contributed by atoms with Gasteiger partial charge in [-0.15, -0.1) is 0 Å². The Hall–Kier alpha value is -2.47. The molecule has 1 aromatic carbocycles. The first-order valence-corrected chi connectivity index (χ1v) is 10.0. The number of anilines is 1. The molecule has 0 bridgehead atoms. The summed E-state index contributed by atoms with van der Waals surface area (Å²) in [6.07, 6.45) is 4.40. The summed E-state index contributed by atoms with van der Waals surface area (Å²) in [6.45, 7) is 6.11. The number of fused-ring (bicyclic) bond motifs is 1. The number of nitrogens with one attached hydrogen (secondary N) is 1. The van der Waals surface area contributed by atoms with Crippen molar-refractivity contribution in [2.75, 3.05) is 18.4 Å². The highest BCUT2D eigenvalue weighted by Crippen LogP contribution is 2.30. The third kappa shape index (κ3) is 3.61. The monoisotopic (exact) mass is 381 g/mol. The number of hydrogen-bond acceptors (Lipinski definition) is 4. The van der Waals surface area contributed by atoms with E-state index >= 15 is 0 Å². The van der Waals surface area contributed by atoms with Gasteiger partial charge in [0.25, 0.3) is 0 Å². The van der Waals surface area contributed by atoms with Gasteiger partial charge in [0.2, 0.25) is 0 Å². The maximum Gasteiger partial charge on any atom is 0.122 e. The van der Waals surface area contributed by atoms with E-state index in [-0.39, 0.29) is 6.04 Å². The second-order valence-corrected chi connectivity index (χ2v) is 7.68. The highest BCUT2D eigenvalue weighted by Gasteiger charge is 2.32. The smallest absolute Gasteiger partial charge is 0.122 e. The van der Waals surface area contributed by atoms with Crippen LogP contribution < -0.4 is 5.32 Å². The van der Waals surface area contributed by atoms with Gasteiger partial charge in [-0.1, -0.05) is 25.1 Å². The van der Waals surface area contributed by atoms with Crippen LogP contribution >= 0.6 is 0 Å². The predicted octanol–water partition coefficient (Wildman–Crippen LogP) is 3.86. The molecule has 1 saturated heterocycles. The second-order valence-electron chi connectivity index (χ2n) is 7.68. The average Bonchev–Trinajstić information content (AvgIpc) is 3.25. The topological polar surface area (TPSA) is 46.0 Å². The van der Waals surface area contributed by atoms with Gasteiger partial charge in [0.1, 0.15) is 12.0 Å². The van der Waals surface area contributed by atoms with Crippen molar-refractivity contribution in [2.24, 2.45) is 7.05 Å². The summed E-state index contributed by atoms with van der Waals surface area (Å²) >= 11 is 0. The van der Waals surface area contributed by atoms with Gasteiger partial charge in [-0.2, -0.15) is 0 Å². The third-order valence-electron chi connectivity index (χ3n) is 5.83. The average molecular weight is 381 g/mol. The number of pyridine rings is 1. The molecule has 28 heavy (non-hydrogen) atoms. The SMILES string of the molecule is CCc1nc2ccccc2c(NC[C@@H]2C[C@H](F)CN2Cc2nccn2C)c1C.